The van der Waals surface area contributed by atoms with Gasteiger partial charge >= 0.3 is 0 Å². The van der Waals surface area contributed by atoms with Crippen LogP contribution in [0.25, 0.3) is 11.3 Å². The lowest BCUT2D eigenvalue weighted by Gasteiger charge is -2.20. The monoisotopic (exact) mass is 269 g/mol. The first kappa shape index (κ1) is 13.1. The van der Waals surface area contributed by atoms with Crippen LogP contribution in [0.2, 0.25) is 0 Å². The van der Waals surface area contributed by atoms with Gasteiger partial charge in [-0.2, -0.15) is 0 Å². The van der Waals surface area contributed by atoms with Crippen molar-refractivity contribution in [3.63, 3.8) is 0 Å². The van der Waals surface area contributed by atoms with Crippen molar-refractivity contribution in [3.05, 3.63) is 58.4 Å². The number of pyridine rings is 1. The van der Waals surface area contributed by atoms with Crippen LogP contribution < -0.4 is 5.56 Å². The molecule has 1 saturated carbocycles. The molecule has 3 rings (SSSR count). The van der Waals surface area contributed by atoms with Crippen LogP contribution in [0.15, 0.2) is 47.3 Å². The van der Waals surface area contributed by atoms with Crippen molar-refractivity contribution in [3.8, 4) is 11.3 Å². The zero-order valence-corrected chi connectivity index (χ0v) is 11.8. The van der Waals surface area contributed by atoms with E-state index >= 15 is 0 Å². The van der Waals surface area contributed by atoms with Crippen molar-refractivity contribution in [1.82, 2.24) is 4.57 Å². The summed E-state index contributed by atoms with van der Waals surface area (Å²) in [6, 6.07) is 13.9. The molecule has 0 saturated heterocycles. The number of benzene rings is 1. The highest BCUT2D eigenvalue weighted by molar-refractivity contribution is 5.60. The average Bonchev–Trinajstić information content (AvgIpc) is 3.22. The lowest BCUT2D eigenvalue weighted by Crippen LogP contribution is -2.32. The molecule has 0 aliphatic heterocycles. The Balaban J connectivity index is 2.23. The molecule has 1 aromatic heterocycles. The molecule has 1 aliphatic rings. The van der Waals surface area contributed by atoms with Gasteiger partial charge in [-0.15, -0.1) is 0 Å². The van der Waals surface area contributed by atoms with Crippen molar-refractivity contribution in [1.29, 1.82) is 0 Å². The second kappa shape index (κ2) is 4.60. The van der Waals surface area contributed by atoms with Gasteiger partial charge in [-0.25, -0.2) is 0 Å². The summed E-state index contributed by atoms with van der Waals surface area (Å²) in [5.74, 6) is 0. The first-order chi connectivity index (χ1) is 9.48. The van der Waals surface area contributed by atoms with E-state index in [2.05, 4.69) is 0 Å². The van der Waals surface area contributed by atoms with Gasteiger partial charge in [0.05, 0.1) is 11.3 Å². The molecule has 104 valence electrons. The summed E-state index contributed by atoms with van der Waals surface area (Å²) in [7, 11) is 0. The Hall–Kier alpha value is -1.87. The minimum Gasteiger partial charge on any atom is -0.386 e. The zero-order chi connectivity index (χ0) is 14.3. The van der Waals surface area contributed by atoms with E-state index in [9.17, 15) is 9.90 Å². The van der Waals surface area contributed by atoms with Crippen molar-refractivity contribution >= 4 is 0 Å². The molecule has 2 aromatic rings. The van der Waals surface area contributed by atoms with Crippen molar-refractivity contribution < 1.29 is 5.11 Å². The van der Waals surface area contributed by atoms with Gasteiger partial charge in [0.25, 0.3) is 5.56 Å². The number of nitrogens with zero attached hydrogens (tertiary/aromatic N) is 1. The van der Waals surface area contributed by atoms with Crippen LogP contribution in [0.5, 0.6) is 0 Å². The third-order valence-electron chi connectivity index (χ3n) is 3.76. The fourth-order valence-electron chi connectivity index (χ4n) is 2.56. The SMILES string of the molecule is CC(C)(O)c1ccc(-c2ccccc2)n(C2CC2)c1=O. The molecule has 0 spiro atoms. The van der Waals surface area contributed by atoms with Crippen LogP contribution in [-0.2, 0) is 5.60 Å². The van der Waals surface area contributed by atoms with E-state index in [1.165, 1.54) is 0 Å². The Labute approximate surface area is 118 Å². The predicted octanol–water partition coefficient (Wildman–Crippen LogP) is 3.08. The summed E-state index contributed by atoms with van der Waals surface area (Å²) in [6.45, 7) is 3.31. The number of aliphatic hydroxyl groups is 1. The summed E-state index contributed by atoms with van der Waals surface area (Å²) in [4.78, 5) is 12.7. The van der Waals surface area contributed by atoms with Crippen LogP contribution in [0.1, 0.15) is 38.3 Å². The minimum atomic E-state index is -1.11. The van der Waals surface area contributed by atoms with E-state index in [0.717, 1.165) is 24.1 Å². The largest absolute Gasteiger partial charge is 0.386 e. The van der Waals surface area contributed by atoms with E-state index in [1.807, 2.05) is 41.0 Å². The number of aromatic nitrogens is 1. The summed E-state index contributed by atoms with van der Waals surface area (Å²) in [5.41, 5.74) is 1.26. The normalized spacial score (nSPS) is 15.3. The fourth-order valence-corrected chi connectivity index (χ4v) is 2.56. The number of rotatable bonds is 3. The molecule has 0 bridgehead atoms. The molecule has 1 heterocycles. The maximum atomic E-state index is 12.7. The molecular weight excluding hydrogens is 250 g/mol. The molecule has 3 heteroatoms. The van der Waals surface area contributed by atoms with E-state index in [0.29, 0.717) is 5.56 Å². The summed E-state index contributed by atoms with van der Waals surface area (Å²) in [5, 5.41) is 10.1. The van der Waals surface area contributed by atoms with Crippen molar-refractivity contribution in [2.45, 2.75) is 38.3 Å². The second-order valence-electron chi connectivity index (χ2n) is 5.96. The molecule has 1 N–H and O–H groups in total. The maximum absolute atomic E-state index is 12.7. The van der Waals surface area contributed by atoms with Crippen LogP contribution >= 0.6 is 0 Å². The molecule has 0 atom stereocenters. The molecule has 0 unspecified atom stereocenters. The standard InChI is InChI=1S/C17H19NO2/c1-17(2,20)14-10-11-15(12-6-4-3-5-7-12)18(16(14)19)13-8-9-13/h3-7,10-11,13,20H,8-9H2,1-2H3. The van der Waals surface area contributed by atoms with Crippen LogP contribution in [0, 0.1) is 0 Å². The van der Waals surface area contributed by atoms with E-state index in [4.69, 9.17) is 0 Å². The predicted molar refractivity (Wildman–Crippen MR) is 79.7 cm³/mol. The number of hydrogen-bond donors (Lipinski definition) is 1. The zero-order valence-electron chi connectivity index (χ0n) is 11.8. The smallest absolute Gasteiger partial charge is 0.257 e. The Morgan fingerprint density at radius 1 is 1.10 bits per heavy atom. The number of hydrogen-bond acceptors (Lipinski definition) is 2. The topological polar surface area (TPSA) is 42.2 Å². The van der Waals surface area contributed by atoms with Crippen LogP contribution in [0.3, 0.4) is 0 Å². The quantitative estimate of drug-likeness (QED) is 0.930. The first-order valence-electron chi connectivity index (χ1n) is 7.02. The molecule has 3 nitrogen and oxygen atoms in total. The van der Waals surface area contributed by atoms with E-state index < -0.39 is 5.60 Å². The highest BCUT2D eigenvalue weighted by Crippen LogP contribution is 2.37. The van der Waals surface area contributed by atoms with Gasteiger partial charge in [-0.1, -0.05) is 30.3 Å². The Morgan fingerprint density at radius 2 is 1.75 bits per heavy atom. The fraction of sp³-hybridized carbons (Fsp3) is 0.353. The molecule has 0 radical (unpaired) electrons. The van der Waals surface area contributed by atoms with E-state index in [-0.39, 0.29) is 11.6 Å². The van der Waals surface area contributed by atoms with Crippen molar-refractivity contribution in [2.75, 3.05) is 0 Å². The lowest BCUT2D eigenvalue weighted by molar-refractivity contribution is 0.0765. The van der Waals surface area contributed by atoms with Gasteiger partial charge in [0.15, 0.2) is 0 Å². The van der Waals surface area contributed by atoms with Crippen LogP contribution in [-0.4, -0.2) is 9.67 Å². The highest BCUT2D eigenvalue weighted by atomic mass is 16.3. The first-order valence-corrected chi connectivity index (χ1v) is 7.02. The average molecular weight is 269 g/mol. The van der Waals surface area contributed by atoms with Crippen molar-refractivity contribution in [2.24, 2.45) is 0 Å². The van der Waals surface area contributed by atoms with Gasteiger partial charge < -0.3 is 9.67 Å². The Bertz CT molecular complexity index is 676. The summed E-state index contributed by atoms with van der Waals surface area (Å²) < 4.78 is 1.85. The third kappa shape index (κ3) is 2.29. The molecule has 1 fully saturated rings. The van der Waals surface area contributed by atoms with E-state index in [1.54, 1.807) is 19.9 Å². The maximum Gasteiger partial charge on any atom is 0.257 e. The Morgan fingerprint density at radius 3 is 2.30 bits per heavy atom. The van der Waals surface area contributed by atoms with Gasteiger partial charge in [-0.3, -0.25) is 4.79 Å². The molecule has 20 heavy (non-hydrogen) atoms. The molecular formula is C17H19NO2. The summed E-state index contributed by atoms with van der Waals surface area (Å²) >= 11 is 0. The van der Waals surface area contributed by atoms with Gasteiger partial charge in [0.1, 0.15) is 0 Å². The van der Waals surface area contributed by atoms with Gasteiger partial charge in [0.2, 0.25) is 0 Å². The highest BCUT2D eigenvalue weighted by Gasteiger charge is 2.30. The van der Waals surface area contributed by atoms with Gasteiger partial charge in [0, 0.05) is 11.6 Å². The summed E-state index contributed by atoms with van der Waals surface area (Å²) in [6.07, 6.45) is 2.07. The van der Waals surface area contributed by atoms with Gasteiger partial charge in [-0.05, 0) is 44.4 Å². The third-order valence-corrected chi connectivity index (χ3v) is 3.76. The lowest BCUT2D eigenvalue weighted by atomic mass is 9.98. The van der Waals surface area contributed by atoms with Crippen LogP contribution in [0.4, 0.5) is 0 Å². The molecule has 1 aliphatic carbocycles. The second-order valence-corrected chi connectivity index (χ2v) is 5.96. The molecule has 1 aromatic carbocycles. The molecule has 0 amide bonds. The Kier molecular flexibility index (Phi) is 3.02. The minimum absolute atomic E-state index is 0.0682.